The van der Waals surface area contributed by atoms with Gasteiger partial charge in [0.25, 0.3) is 0 Å². The first-order chi connectivity index (χ1) is 12.3. The van der Waals surface area contributed by atoms with Gasteiger partial charge in [-0.2, -0.15) is 0 Å². The zero-order valence-electron chi connectivity index (χ0n) is 14.7. The quantitative estimate of drug-likeness (QED) is 0.820. The lowest BCUT2D eigenvalue weighted by molar-refractivity contribution is 0.209. The van der Waals surface area contributed by atoms with E-state index < -0.39 is 20.8 Å². The second-order valence-electron chi connectivity index (χ2n) is 7.20. The number of likely N-dealkylation sites (tertiary alicyclic amines) is 1. The lowest BCUT2D eigenvalue weighted by atomic mass is 10.1. The summed E-state index contributed by atoms with van der Waals surface area (Å²) < 4.78 is 37.5. The summed E-state index contributed by atoms with van der Waals surface area (Å²) in [6.07, 6.45) is 4.48. The Labute approximate surface area is 156 Å². The smallest absolute Gasteiger partial charge is 0.321 e. The zero-order valence-corrected chi connectivity index (χ0v) is 16.3. The summed E-state index contributed by atoms with van der Waals surface area (Å²) in [6, 6.07) is 5.15. The number of anilines is 2. The summed E-state index contributed by atoms with van der Waals surface area (Å²) in [5.74, 6) is 0. The van der Waals surface area contributed by atoms with Crippen LogP contribution in [-0.2, 0) is 27.2 Å². The molecule has 0 aromatic heterocycles. The second-order valence-corrected chi connectivity index (χ2v) is 11.1. The van der Waals surface area contributed by atoms with Gasteiger partial charge in [0.1, 0.15) is 0 Å². The highest BCUT2D eigenvalue weighted by molar-refractivity contribution is 7.92. The summed E-state index contributed by atoms with van der Waals surface area (Å²) in [4.78, 5) is 14.5. The number of benzene rings is 1. The third-order valence-corrected chi connectivity index (χ3v) is 8.88. The third kappa shape index (κ3) is 3.11. The SMILES string of the molecule is CS(=O)(=O)N1CCc2c(NC(=O)N3CCC4CCC(C3)S4=O)cccc21. The first kappa shape index (κ1) is 17.8. The lowest BCUT2D eigenvalue weighted by Crippen LogP contribution is -2.40. The van der Waals surface area contributed by atoms with Crippen LogP contribution in [0.5, 0.6) is 0 Å². The lowest BCUT2D eigenvalue weighted by Gasteiger charge is -2.25. The van der Waals surface area contributed by atoms with Gasteiger partial charge >= 0.3 is 6.03 Å². The average molecular weight is 398 g/mol. The number of hydrogen-bond donors (Lipinski definition) is 1. The highest BCUT2D eigenvalue weighted by Gasteiger charge is 2.38. The number of carbonyl (C=O) groups is 1. The molecule has 3 aliphatic heterocycles. The number of nitrogens with one attached hydrogen (secondary N) is 1. The zero-order chi connectivity index (χ0) is 18.5. The molecular weight excluding hydrogens is 374 g/mol. The maximum atomic E-state index is 12.8. The second kappa shape index (κ2) is 6.53. The molecule has 0 saturated carbocycles. The minimum atomic E-state index is -3.32. The van der Waals surface area contributed by atoms with E-state index in [1.165, 1.54) is 10.6 Å². The Balaban J connectivity index is 1.53. The van der Waals surface area contributed by atoms with Crippen LogP contribution in [0, 0.1) is 0 Å². The third-order valence-electron chi connectivity index (χ3n) is 5.53. The summed E-state index contributed by atoms with van der Waals surface area (Å²) in [5, 5.41) is 3.26. The van der Waals surface area contributed by atoms with Crippen molar-refractivity contribution >= 4 is 38.2 Å². The van der Waals surface area contributed by atoms with Gasteiger partial charge in [-0.05, 0) is 37.8 Å². The van der Waals surface area contributed by atoms with Gasteiger partial charge in [-0.1, -0.05) is 6.07 Å². The number of nitrogens with zero attached hydrogens (tertiary/aromatic N) is 2. The van der Waals surface area contributed by atoms with E-state index in [0.29, 0.717) is 37.4 Å². The Hall–Kier alpha value is -1.61. The number of urea groups is 1. The van der Waals surface area contributed by atoms with Gasteiger partial charge in [-0.3, -0.25) is 8.51 Å². The van der Waals surface area contributed by atoms with Gasteiger partial charge in [0.2, 0.25) is 10.0 Å². The van der Waals surface area contributed by atoms with Crippen LogP contribution in [0.4, 0.5) is 16.2 Å². The molecule has 2 bridgehead atoms. The van der Waals surface area contributed by atoms with E-state index in [-0.39, 0.29) is 16.5 Å². The van der Waals surface area contributed by atoms with Crippen molar-refractivity contribution < 1.29 is 17.4 Å². The number of hydrogen-bond acceptors (Lipinski definition) is 4. The molecule has 2 saturated heterocycles. The van der Waals surface area contributed by atoms with Gasteiger partial charge in [-0.15, -0.1) is 0 Å². The molecule has 1 N–H and O–H groups in total. The van der Waals surface area contributed by atoms with Crippen molar-refractivity contribution in [3.63, 3.8) is 0 Å². The Bertz CT molecular complexity index is 871. The highest BCUT2D eigenvalue weighted by Crippen LogP contribution is 2.35. The Morgan fingerprint density at radius 2 is 1.96 bits per heavy atom. The fourth-order valence-corrected chi connectivity index (χ4v) is 7.08. The van der Waals surface area contributed by atoms with E-state index in [1.807, 2.05) is 6.07 Å². The predicted octanol–water partition coefficient (Wildman–Crippen LogP) is 1.53. The maximum Gasteiger partial charge on any atom is 0.321 e. The van der Waals surface area contributed by atoms with Crippen molar-refractivity contribution in [1.29, 1.82) is 0 Å². The summed E-state index contributed by atoms with van der Waals surface area (Å²) in [5.41, 5.74) is 2.15. The molecule has 4 rings (SSSR count). The molecule has 2 amide bonds. The number of fused-ring (bicyclic) bond motifs is 3. The van der Waals surface area contributed by atoms with Crippen LogP contribution in [0.2, 0.25) is 0 Å². The molecule has 0 spiro atoms. The van der Waals surface area contributed by atoms with Crippen LogP contribution >= 0.6 is 0 Å². The predicted molar refractivity (Wildman–Crippen MR) is 102 cm³/mol. The number of carbonyl (C=O) groups excluding carboxylic acids is 1. The first-order valence-corrected chi connectivity index (χ1v) is 12.0. The molecule has 3 atom stereocenters. The Kier molecular flexibility index (Phi) is 4.46. The van der Waals surface area contributed by atoms with E-state index in [0.717, 1.165) is 24.8 Å². The van der Waals surface area contributed by atoms with E-state index in [4.69, 9.17) is 0 Å². The van der Waals surface area contributed by atoms with Gasteiger partial charge in [0, 0.05) is 46.9 Å². The topological polar surface area (TPSA) is 86.8 Å². The first-order valence-electron chi connectivity index (χ1n) is 8.89. The molecule has 142 valence electrons. The number of amides is 2. The van der Waals surface area contributed by atoms with E-state index >= 15 is 0 Å². The summed E-state index contributed by atoms with van der Waals surface area (Å²) >= 11 is 0. The molecule has 1 aromatic carbocycles. The van der Waals surface area contributed by atoms with Crippen molar-refractivity contribution in [3.8, 4) is 0 Å². The van der Waals surface area contributed by atoms with Crippen molar-refractivity contribution in [1.82, 2.24) is 4.90 Å². The van der Waals surface area contributed by atoms with E-state index in [2.05, 4.69) is 5.32 Å². The molecule has 0 aliphatic carbocycles. The molecule has 3 heterocycles. The fraction of sp³-hybridized carbons (Fsp3) is 0.588. The molecule has 7 nitrogen and oxygen atoms in total. The van der Waals surface area contributed by atoms with Crippen LogP contribution in [0.15, 0.2) is 18.2 Å². The van der Waals surface area contributed by atoms with Crippen LogP contribution in [0.3, 0.4) is 0 Å². The van der Waals surface area contributed by atoms with Crippen molar-refractivity contribution in [2.45, 2.75) is 36.2 Å². The van der Waals surface area contributed by atoms with Crippen molar-refractivity contribution in [3.05, 3.63) is 23.8 Å². The fourth-order valence-electron chi connectivity index (χ4n) is 4.18. The summed E-state index contributed by atoms with van der Waals surface area (Å²) in [7, 11) is -4.15. The molecular formula is C17H23N3O4S2. The maximum absolute atomic E-state index is 12.8. The molecule has 0 radical (unpaired) electrons. The van der Waals surface area contributed by atoms with E-state index in [1.54, 1.807) is 17.0 Å². The molecule has 26 heavy (non-hydrogen) atoms. The van der Waals surface area contributed by atoms with Crippen LogP contribution in [0.1, 0.15) is 24.8 Å². The highest BCUT2D eigenvalue weighted by atomic mass is 32.2. The molecule has 1 aromatic rings. The van der Waals surface area contributed by atoms with Gasteiger partial charge in [0.05, 0.1) is 17.2 Å². The van der Waals surface area contributed by atoms with E-state index in [9.17, 15) is 17.4 Å². The standard InChI is InChI=1S/C17H23N3O4S2/c1-26(23,24)20-10-8-14-15(3-2-4-16(14)20)18-17(21)19-9-7-12-5-6-13(11-19)25(12)22/h2-4,12-13H,5-11H2,1H3,(H,18,21). The van der Waals surface area contributed by atoms with Gasteiger partial charge in [-0.25, -0.2) is 13.2 Å². The number of rotatable bonds is 2. The van der Waals surface area contributed by atoms with Crippen molar-refractivity contribution in [2.75, 3.05) is 35.5 Å². The monoisotopic (exact) mass is 397 g/mol. The molecule has 3 unspecified atom stereocenters. The molecule has 3 aliphatic rings. The largest absolute Gasteiger partial charge is 0.323 e. The van der Waals surface area contributed by atoms with Gasteiger partial charge < -0.3 is 10.2 Å². The Morgan fingerprint density at radius 1 is 1.19 bits per heavy atom. The minimum absolute atomic E-state index is 0.0791. The van der Waals surface area contributed by atoms with Gasteiger partial charge in [0.15, 0.2) is 0 Å². The van der Waals surface area contributed by atoms with Crippen LogP contribution in [-0.4, -0.2) is 59.9 Å². The Morgan fingerprint density at radius 3 is 2.73 bits per heavy atom. The molecule has 9 heteroatoms. The van der Waals surface area contributed by atoms with Crippen LogP contribution in [0.25, 0.3) is 0 Å². The number of sulfonamides is 1. The average Bonchev–Trinajstić information content (AvgIpc) is 3.09. The van der Waals surface area contributed by atoms with Crippen LogP contribution < -0.4 is 9.62 Å². The summed E-state index contributed by atoms with van der Waals surface area (Å²) in [6.45, 7) is 1.54. The minimum Gasteiger partial charge on any atom is -0.323 e. The van der Waals surface area contributed by atoms with Crippen molar-refractivity contribution in [2.24, 2.45) is 0 Å². The normalized spacial score (nSPS) is 28.0. The molecule has 2 fully saturated rings.